The van der Waals surface area contributed by atoms with Gasteiger partial charge in [-0.2, -0.15) is 0 Å². The second kappa shape index (κ2) is 10.9. The Hall–Kier alpha value is -0.960. The van der Waals surface area contributed by atoms with Gasteiger partial charge in [0, 0.05) is 12.5 Å². The second-order valence-corrected chi connectivity index (χ2v) is 1.30. The van der Waals surface area contributed by atoms with Crippen LogP contribution < -0.4 is 0 Å². The Balaban J connectivity index is 0. The molecule has 1 N–H and O–H groups in total. The largest absolute Gasteiger partial charge is 0.515 e. The number of aliphatic hydroxyl groups is 1. The number of aliphatic hydroxyl groups excluding tert-OH is 1. The molecular weight excluding hydrogens is 156 g/mol. The monoisotopic (exact) mass is 164 g/mol. The summed E-state index contributed by atoms with van der Waals surface area (Å²) in [5, 5.41) is 7.56. The smallest absolute Gasteiger partial charge is 0.307 e. The standard InChI is InChI=1S/C4H6O2.C2H3ClO/c1-3-6-4(2)5;3-1-2-4/h3H,1H2,2H3;1-2,4H. The molecule has 0 fully saturated rings. The summed E-state index contributed by atoms with van der Waals surface area (Å²) in [6.07, 6.45) is 1.86. The van der Waals surface area contributed by atoms with Crippen molar-refractivity contribution in [3.05, 3.63) is 24.6 Å². The summed E-state index contributed by atoms with van der Waals surface area (Å²) in [5.41, 5.74) is 1.03. The first kappa shape index (κ1) is 11.8. The van der Waals surface area contributed by atoms with Crippen molar-refractivity contribution in [3.63, 3.8) is 0 Å². The zero-order chi connectivity index (χ0) is 8.41. The molecule has 58 valence electrons. The van der Waals surface area contributed by atoms with E-state index in [-0.39, 0.29) is 5.97 Å². The molecule has 0 saturated heterocycles. The number of ether oxygens (including phenoxy) is 1. The Morgan fingerprint density at radius 1 is 1.80 bits per heavy atom. The van der Waals surface area contributed by atoms with Crippen molar-refractivity contribution in [2.24, 2.45) is 0 Å². The van der Waals surface area contributed by atoms with Crippen LogP contribution >= 0.6 is 11.6 Å². The number of hydrogen-bond acceptors (Lipinski definition) is 3. The lowest BCUT2D eigenvalue weighted by molar-refractivity contribution is -0.135. The van der Waals surface area contributed by atoms with E-state index in [2.05, 4.69) is 11.3 Å². The third kappa shape index (κ3) is 27.8. The number of rotatable bonds is 1. The van der Waals surface area contributed by atoms with Gasteiger partial charge in [0.05, 0.1) is 12.5 Å². The van der Waals surface area contributed by atoms with Gasteiger partial charge in [-0.1, -0.05) is 18.2 Å². The molecule has 4 heteroatoms. The molecule has 0 bridgehead atoms. The summed E-state index contributed by atoms with van der Waals surface area (Å²) < 4.78 is 4.17. The summed E-state index contributed by atoms with van der Waals surface area (Å²) in [5.74, 6) is -0.329. The molecule has 0 aromatic carbocycles. The summed E-state index contributed by atoms with van der Waals surface area (Å²) in [7, 11) is 0. The molecule has 0 aliphatic carbocycles. The van der Waals surface area contributed by atoms with Crippen molar-refractivity contribution < 1.29 is 14.6 Å². The van der Waals surface area contributed by atoms with Gasteiger partial charge in [-0.25, -0.2) is 0 Å². The molecule has 0 aromatic heterocycles. The third-order valence-electron chi connectivity index (χ3n) is 0.306. The van der Waals surface area contributed by atoms with Crippen molar-refractivity contribution in [1.82, 2.24) is 0 Å². The van der Waals surface area contributed by atoms with Crippen molar-refractivity contribution >= 4 is 17.6 Å². The number of halogens is 1. The van der Waals surface area contributed by atoms with E-state index in [0.29, 0.717) is 0 Å². The van der Waals surface area contributed by atoms with Crippen LogP contribution in [0.2, 0.25) is 0 Å². The Morgan fingerprint density at radius 3 is 2.20 bits per heavy atom. The molecule has 0 heterocycles. The van der Waals surface area contributed by atoms with E-state index in [1.165, 1.54) is 6.92 Å². The van der Waals surface area contributed by atoms with E-state index in [0.717, 1.165) is 18.1 Å². The lowest BCUT2D eigenvalue weighted by Gasteiger charge is -1.83. The summed E-state index contributed by atoms with van der Waals surface area (Å²) in [4.78, 5) is 9.75. The van der Waals surface area contributed by atoms with Crippen molar-refractivity contribution in [3.8, 4) is 0 Å². The molecule has 0 unspecified atom stereocenters. The number of carbonyl (C=O) groups is 1. The van der Waals surface area contributed by atoms with Gasteiger partial charge in [-0.05, 0) is 0 Å². The van der Waals surface area contributed by atoms with Gasteiger partial charge in [0.25, 0.3) is 0 Å². The molecule has 0 amide bonds. The normalized spacial score (nSPS) is 7.80. The highest BCUT2D eigenvalue weighted by molar-refractivity contribution is 6.25. The first-order chi connectivity index (χ1) is 4.68. The molecule has 3 nitrogen and oxygen atoms in total. The van der Waals surface area contributed by atoms with Crippen LogP contribution in [0.3, 0.4) is 0 Å². The van der Waals surface area contributed by atoms with Crippen LogP contribution in [0, 0.1) is 0 Å². The minimum atomic E-state index is -0.329. The number of esters is 1. The van der Waals surface area contributed by atoms with E-state index in [9.17, 15) is 4.79 Å². The van der Waals surface area contributed by atoms with Gasteiger partial charge in [0.1, 0.15) is 0 Å². The van der Waals surface area contributed by atoms with Gasteiger partial charge in [0.15, 0.2) is 0 Å². The lowest BCUT2D eigenvalue weighted by atomic mass is 10.8. The summed E-state index contributed by atoms with van der Waals surface area (Å²) in [6, 6.07) is 0. The SMILES string of the molecule is C=COC(C)=O.OC=CCl. The summed E-state index contributed by atoms with van der Waals surface area (Å²) >= 11 is 4.76. The quantitative estimate of drug-likeness (QED) is 0.476. The Bertz CT molecular complexity index is 116. The van der Waals surface area contributed by atoms with Gasteiger partial charge < -0.3 is 9.84 Å². The van der Waals surface area contributed by atoms with Crippen LogP contribution in [0.25, 0.3) is 0 Å². The fraction of sp³-hybridized carbons (Fsp3) is 0.167. The molecule has 0 spiro atoms. The Kier molecular flexibility index (Phi) is 12.9. The topological polar surface area (TPSA) is 46.5 Å². The van der Waals surface area contributed by atoms with Crippen LogP contribution in [-0.2, 0) is 9.53 Å². The molecule has 0 atom stereocenters. The average Bonchev–Trinajstić information content (AvgIpc) is 1.89. The summed E-state index contributed by atoms with van der Waals surface area (Å²) in [6.45, 7) is 4.48. The van der Waals surface area contributed by atoms with E-state index < -0.39 is 0 Å². The van der Waals surface area contributed by atoms with Crippen LogP contribution in [0.1, 0.15) is 6.92 Å². The van der Waals surface area contributed by atoms with E-state index in [1.54, 1.807) is 0 Å². The molecule has 0 aliphatic heterocycles. The van der Waals surface area contributed by atoms with Gasteiger partial charge in [-0.15, -0.1) is 0 Å². The van der Waals surface area contributed by atoms with Gasteiger partial charge in [0.2, 0.25) is 0 Å². The lowest BCUT2D eigenvalue weighted by Crippen LogP contribution is -1.87. The number of carbonyl (C=O) groups excluding carboxylic acids is 1. The van der Waals surface area contributed by atoms with Gasteiger partial charge >= 0.3 is 5.97 Å². The minimum Gasteiger partial charge on any atom is -0.515 e. The molecule has 10 heavy (non-hydrogen) atoms. The zero-order valence-corrected chi connectivity index (χ0v) is 6.34. The molecular formula is C6H9ClO3. The number of hydrogen-bond donors (Lipinski definition) is 1. The maximum atomic E-state index is 9.75. The Labute approximate surface area is 64.6 Å². The average molecular weight is 165 g/mol. The fourth-order valence-electron chi connectivity index (χ4n) is 0.117. The van der Waals surface area contributed by atoms with E-state index in [4.69, 9.17) is 16.7 Å². The van der Waals surface area contributed by atoms with Crippen LogP contribution in [0.4, 0.5) is 0 Å². The van der Waals surface area contributed by atoms with Crippen molar-refractivity contribution in [1.29, 1.82) is 0 Å². The predicted molar refractivity (Wildman–Crippen MR) is 39.6 cm³/mol. The van der Waals surface area contributed by atoms with E-state index >= 15 is 0 Å². The van der Waals surface area contributed by atoms with Crippen LogP contribution in [0.15, 0.2) is 24.6 Å². The van der Waals surface area contributed by atoms with Crippen molar-refractivity contribution in [2.75, 3.05) is 0 Å². The fourth-order valence-corrected chi connectivity index (χ4v) is 0.117. The maximum Gasteiger partial charge on any atom is 0.307 e. The molecule has 0 aliphatic rings. The van der Waals surface area contributed by atoms with Crippen molar-refractivity contribution in [2.45, 2.75) is 6.92 Å². The molecule has 0 rings (SSSR count). The second-order valence-electron chi connectivity index (χ2n) is 1.05. The predicted octanol–water partition coefficient (Wildman–Crippen LogP) is 1.95. The highest BCUT2D eigenvalue weighted by Gasteiger charge is 1.79. The zero-order valence-electron chi connectivity index (χ0n) is 5.58. The molecule has 0 aromatic rings. The molecule has 0 radical (unpaired) electrons. The highest BCUT2D eigenvalue weighted by Crippen LogP contribution is 1.70. The maximum absolute atomic E-state index is 9.75. The Morgan fingerprint density at radius 2 is 2.20 bits per heavy atom. The first-order valence-electron chi connectivity index (χ1n) is 2.36. The van der Waals surface area contributed by atoms with Gasteiger partial charge in [-0.3, -0.25) is 4.79 Å². The third-order valence-corrected chi connectivity index (χ3v) is 0.418. The highest BCUT2D eigenvalue weighted by atomic mass is 35.5. The molecule has 0 saturated carbocycles. The van der Waals surface area contributed by atoms with Crippen LogP contribution in [0.5, 0.6) is 0 Å². The van der Waals surface area contributed by atoms with Crippen LogP contribution in [-0.4, -0.2) is 11.1 Å². The van der Waals surface area contributed by atoms with E-state index in [1.807, 2.05) is 0 Å². The minimum absolute atomic E-state index is 0.329. The first-order valence-corrected chi connectivity index (χ1v) is 2.80.